The number of hydrogen-bond acceptors (Lipinski definition) is 0. The average molecular weight is 241 g/mol. The summed E-state index contributed by atoms with van der Waals surface area (Å²) in [6, 6.07) is 8.97. The van der Waals surface area contributed by atoms with Crippen LogP contribution in [-0.2, 0) is 12.8 Å². The molecule has 1 unspecified atom stereocenters. The molecule has 1 aromatic carbocycles. The van der Waals surface area contributed by atoms with Gasteiger partial charge in [-0.05, 0) is 24.0 Å². The lowest BCUT2D eigenvalue weighted by atomic mass is 10.1. The Balaban J connectivity index is 2.59. The molecule has 0 aliphatic carbocycles. The molecule has 0 heterocycles. The SMILES string of the molecule is CCCc1ccc(CC(C)Br)cc1. The van der Waals surface area contributed by atoms with Crippen molar-refractivity contribution in [1.29, 1.82) is 0 Å². The molecule has 0 saturated heterocycles. The number of benzene rings is 1. The molecule has 1 aromatic rings. The first-order chi connectivity index (χ1) is 6.22. The van der Waals surface area contributed by atoms with Crippen molar-refractivity contribution in [2.75, 3.05) is 0 Å². The lowest BCUT2D eigenvalue weighted by Gasteiger charge is -2.04. The molecule has 0 N–H and O–H groups in total. The van der Waals surface area contributed by atoms with Crippen molar-refractivity contribution in [3.8, 4) is 0 Å². The van der Waals surface area contributed by atoms with E-state index in [1.807, 2.05) is 0 Å². The average Bonchev–Trinajstić information content (AvgIpc) is 2.08. The summed E-state index contributed by atoms with van der Waals surface area (Å²) in [6.07, 6.45) is 3.55. The standard InChI is InChI=1S/C12H17Br/c1-3-4-11-5-7-12(8-6-11)9-10(2)13/h5-8,10H,3-4,9H2,1-2H3. The van der Waals surface area contributed by atoms with Crippen LogP contribution < -0.4 is 0 Å². The van der Waals surface area contributed by atoms with Gasteiger partial charge in [-0.3, -0.25) is 0 Å². The van der Waals surface area contributed by atoms with E-state index >= 15 is 0 Å². The Hall–Kier alpha value is -0.300. The minimum absolute atomic E-state index is 0.574. The number of alkyl halides is 1. The van der Waals surface area contributed by atoms with Crippen molar-refractivity contribution >= 4 is 15.9 Å². The lowest BCUT2D eigenvalue weighted by molar-refractivity contribution is 0.914. The second kappa shape index (κ2) is 5.43. The zero-order valence-corrected chi connectivity index (χ0v) is 9.97. The summed E-state index contributed by atoms with van der Waals surface area (Å²) >= 11 is 3.56. The van der Waals surface area contributed by atoms with Crippen molar-refractivity contribution in [3.63, 3.8) is 0 Å². The molecule has 1 rings (SSSR count). The van der Waals surface area contributed by atoms with Crippen LogP contribution in [0.25, 0.3) is 0 Å². The van der Waals surface area contributed by atoms with Crippen LogP contribution in [0.2, 0.25) is 0 Å². The Morgan fingerprint density at radius 3 is 2.15 bits per heavy atom. The fourth-order valence-corrected chi connectivity index (χ4v) is 1.83. The third-order valence-corrected chi connectivity index (χ3v) is 2.40. The van der Waals surface area contributed by atoms with E-state index in [1.165, 1.54) is 24.0 Å². The summed E-state index contributed by atoms with van der Waals surface area (Å²) < 4.78 is 0. The summed E-state index contributed by atoms with van der Waals surface area (Å²) in [7, 11) is 0. The van der Waals surface area contributed by atoms with Crippen LogP contribution in [0.3, 0.4) is 0 Å². The van der Waals surface area contributed by atoms with Crippen LogP contribution in [0.5, 0.6) is 0 Å². The molecule has 72 valence electrons. The first kappa shape index (κ1) is 10.8. The van der Waals surface area contributed by atoms with E-state index in [-0.39, 0.29) is 0 Å². The Bertz CT molecular complexity index is 236. The fraction of sp³-hybridized carbons (Fsp3) is 0.500. The monoisotopic (exact) mass is 240 g/mol. The van der Waals surface area contributed by atoms with Crippen LogP contribution in [0, 0.1) is 0 Å². The Labute approximate surface area is 89.5 Å². The van der Waals surface area contributed by atoms with Gasteiger partial charge in [0.2, 0.25) is 0 Å². The van der Waals surface area contributed by atoms with E-state index in [0.717, 1.165) is 6.42 Å². The third-order valence-electron chi connectivity index (χ3n) is 2.08. The van der Waals surface area contributed by atoms with Gasteiger partial charge in [-0.2, -0.15) is 0 Å². The Morgan fingerprint density at radius 2 is 1.69 bits per heavy atom. The van der Waals surface area contributed by atoms with Gasteiger partial charge in [0.05, 0.1) is 0 Å². The molecule has 0 radical (unpaired) electrons. The van der Waals surface area contributed by atoms with Gasteiger partial charge in [-0.25, -0.2) is 0 Å². The predicted octanol–water partition coefficient (Wildman–Crippen LogP) is 3.97. The smallest absolute Gasteiger partial charge is 0.0157 e. The van der Waals surface area contributed by atoms with Gasteiger partial charge in [0.1, 0.15) is 0 Å². The molecule has 0 fully saturated rings. The first-order valence-corrected chi connectivity index (χ1v) is 5.86. The number of rotatable bonds is 4. The normalized spacial score (nSPS) is 12.8. The number of halogens is 1. The van der Waals surface area contributed by atoms with Crippen molar-refractivity contribution in [1.82, 2.24) is 0 Å². The molecular formula is C12H17Br. The van der Waals surface area contributed by atoms with E-state index in [1.54, 1.807) is 0 Å². The summed E-state index contributed by atoms with van der Waals surface area (Å²) in [5.41, 5.74) is 2.87. The van der Waals surface area contributed by atoms with Crippen molar-refractivity contribution in [2.24, 2.45) is 0 Å². The summed E-state index contributed by atoms with van der Waals surface area (Å²) in [6.45, 7) is 4.40. The van der Waals surface area contributed by atoms with Crippen molar-refractivity contribution in [3.05, 3.63) is 35.4 Å². The Kier molecular flexibility index (Phi) is 4.51. The zero-order chi connectivity index (χ0) is 9.68. The second-order valence-electron chi connectivity index (χ2n) is 3.55. The van der Waals surface area contributed by atoms with Gasteiger partial charge < -0.3 is 0 Å². The summed E-state index contributed by atoms with van der Waals surface area (Å²) in [5, 5.41) is 0. The van der Waals surface area contributed by atoms with E-state index in [9.17, 15) is 0 Å². The summed E-state index contributed by atoms with van der Waals surface area (Å²) in [5.74, 6) is 0. The third kappa shape index (κ3) is 3.95. The van der Waals surface area contributed by atoms with E-state index in [2.05, 4.69) is 54.0 Å². The quantitative estimate of drug-likeness (QED) is 0.700. The van der Waals surface area contributed by atoms with Gasteiger partial charge >= 0.3 is 0 Å². The lowest BCUT2D eigenvalue weighted by Crippen LogP contribution is -1.96. The number of aryl methyl sites for hydroxylation is 1. The minimum Gasteiger partial charge on any atom is -0.0890 e. The highest BCUT2D eigenvalue weighted by Crippen LogP contribution is 2.11. The van der Waals surface area contributed by atoms with E-state index in [0.29, 0.717) is 4.83 Å². The largest absolute Gasteiger partial charge is 0.0890 e. The van der Waals surface area contributed by atoms with Crippen LogP contribution in [-0.4, -0.2) is 4.83 Å². The first-order valence-electron chi connectivity index (χ1n) is 4.94. The second-order valence-corrected chi connectivity index (χ2v) is 5.11. The molecule has 0 aromatic heterocycles. The van der Waals surface area contributed by atoms with Crippen molar-refractivity contribution < 1.29 is 0 Å². The number of hydrogen-bond donors (Lipinski definition) is 0. The molecule has 13 heavy (non-hydrogen) atoms. The van der Waals surface area contributed by atoms with Crippen LogP contribution >= 0.6 is 15.9 Å². The highest BCUT2D eigenvalue weighted by atomic mass is 79.9. The maximum absolute atomic E-state index is 3.56. The maximum atomic E-state index is 3.56. The molecule has 0 spiro atoms. The van der Waals surface area contributed by atoms with Crippen LogP contribution in [0.15, 0.2) is 24.3 Å². The van der Waals surface area contributed by atoms with Gasteiger partial charge in [0, 0.05) is 4.83 Å². The molecule has 0 aliphatic heterocycles. The topological polar surface area (TPSA) is 0 Å². The Morgan fingerprint density at radius 1 is 1.15 bits per heavy atom. The molecule has 0 saturated carbocycles. The maximum Gasteiger partial charge on any atom is 0.0157 e. The molecule has 1 atom stereocenters. The summed E-state index contributed by atoms with van der Waals surface area (Å²) in [4.78, 5) is 0.574. The van der Waals surface area contributed by atoms with E-state index < -0.39 is 0 Å². The zero-order valence-electron chi connectivity index (χ0n) is 8.39. The molecule has 0 aliphatic rings. The fourth-order valence-electron chi connectivity index (χ4n) is 1.46. The molecule has 1 heteroatoms. The van der Waals surface area contributed by atoms with Gasteiger partial charge in [-0.1, -0.05) is 60.5 Å². The molecular weight excluding hydrogens is 224 g/mol. The van der Waals surface area contributed by atoms with Crippen molar-refractivity contribution in [2.45, 2.75) is 37.9 Å². The highest BCUT2D eigenvalue weighted by molar-refractivity contribution is 9.09. The van der Waals surface area contributed by atoms with Gasteiger partial charge in [-0.15, -0.1) is 0 Å². The van der Waals surface area contributed by atoms with Gasteiger partial charge in [0.25, 0.3) is 0 Å². The van der Waals surface area contributed by atoms with E-state index in [4.69, 9.17) is 0 Å². The minimum atomic E-state index is 0.574. The molecule has 0 bridgehead atoms. The highest BCUT2D eigenvalue weighted by Gasteiger charge is 1.98. The van der Waals surface area contributed by atoms with Gasteiger partial charge in [0.15, 0.2) is 0 Å². The predicted molar refractivity (Wildman–Crippen MR) is 62.5 cm³/mol. The molecule has 0 amide bonds. The molecule has 0 nitrogen and oxygen atoms in total. The van der Waals surface area contributed by atoms with Crippen LogP contribution in [0.1, 0.15) is 31.4 Å². The van der Waals surface area contributed by atoms with Crippen LogP contribution in [0.4, 0.5) is 0 Å².